The SMILES string of the molecule is CCOc1cc(/C=C(/C#N)C(=O)Nc2ccccc2C)ccc1OCc1ccc(OCc2ccccc2)c(OC)c1. The molecule has 0 aliphatic carbocycles. The van der Waals surface area contributed by atoms with Crippen LogP contribution in [0.25, 0.3) is 6.08 Å². The lowest BCUT2D eigenvalue weighted by Crippen LogP contribution is -2.14. The first kappa shape index (κ1) is 28.8. The van der Waals surface area contributed by atoms with Crippen molar-refractivity contribution in [2.75, 3.05) is 19.0 Å². The lowest BCUT2D eigenvalue weighted by molar-refractivity contribution is -0.112. The van der Waals surface area contributed by atoms with Crippen molar-refractivity contribution in [1.29, 1.82) is 5.26 Å². The fourth-order valence-corrected chi connectivity index (χ4v) is 4.04. The number of ether oxygens (including phenoxy) is 4. The number of amides is 1. The molecule has 208 valence electrons. The van der Waals surface area contributed by atoms with Crippen LogP contribution < -0.4 is 24.3 Å². The number of methoxy groups -OCH3 is 1. The molecule has 0 fully saturated rings. The average molecular weight is 549 g/mol. The van der Waals surface area contributed by atoms with Crippen molar-refractivity contribution in [1.82, 2.24) is 0 Å². The number of benzene rings is 4. The van der Waals surface area contributed by atoms with Crippen LogP contribution in [0, 0.1) is 18.3 Å². The Morgan fingerprint density at radius 1 is 0.805 bits per heavy atom. The third kappa shape index (κ3) is 7.90. The first-order valence-corrected chi connectivity index (χ1v) is 13.2. The number of hydrogen-bond donors (Lipinski definition) is 1. The van der Waals surface area contributed by atoms with E-state index in [1.807, 2.05) is 86.6 Å². The molecule has 0 saturated heterocycles. The van der Waals surface area contributed by atoms with Crippen LogP contribution in [0.2, 0.25) is 0 Å². The normalized spacial score (nSPS) is 10.8. The zero-order valence-corrected chi connectivity index (χ0v) is 23.3. The minimum Gasteiger partial charge on any atom is -0.493 e. The van der Waals surface area contributed by atoms with Crippen molar-refractivity contribution in [3.8, 4) is 29.1 Å². The lowest BCUT2D eigenvalue weighted by atomic mass is 10.1. The number of anilines is 1. The summed E-state index contributed by atoms with van der Waals surface area (Å²) in [4.78, 5) is 12.7. The number of nitrogens with one attached hydrogen (secondary N) is 1. The molecule has 1 N–H and O–H groups in total. The Balaban J connectivity index is 1.45. The summed E-state index contributed by atoms with van der Waals surface area (Å²) in [7, 11) is 1.60. The maximum absolute atomic E-state index is 12.7. The molecule has 0 saturated carbocycles. The molecule has 1 amide bonds. The molecule has 4 rings (SSSR count). The molecule has 0 radical (unpaired) electrons. The quantitative estimate of drug-likeness (QED) is 0.150. The number of hydrogen-bond acceptors (Lipinski definition) is 6. The van der Waals surface area contributed by atoms with E-state index in [9.17, 15) is 10.1 Å². The van der Waals surface area contributed by atoms with Crippen molar-refractivity contribution in [3.63, 3.8) is 0 Å². The zero-order chi connectivity index (χ0) is 29.0. The van der Waals surface area contributed by atoms with E-state index in [-0.39, 0.29) is 12.2 Å². The van der Waals surface area contributed by atoms with Crippen LogP contribution in [0.4, 0.5) is 5.69 Å². The molecule has 0 aliphatic rings. The van der Waals surface area contributed by atoms with Crippen molar-refractivity contribution < 1.29 is 23.7 Å². The van der Waals surface area contributed by atoms with E-state index in [0.29, 0.717) is 47.5 Å². The highest BCUT2D eigenvalue weighted by atomic mass is 16.5. The summed E-state index contributed by atoms with van der Waals surface area (Å²) >= 11 is 0. The first-order chi connectivity index (χ1) is 20.0. The van der Waals surface area contributed by atoms with Gasteiger partial charge in [-0.25, -0.2) is 0 Å². The van der Waals surface area contributed by atoms with Gasteiger partial charge in [-0.1, -0.05) is 60.7 Å². The van der Waals surface area contributed by atoms with Gasteiger partial charge in [0.25, 0.3) is 5.91 Å². The summed E-state index contributed by atoms with van der Waals surface area (Å²) in [5, 5.41) is 12.4. The molecule has 0 bridgehead atoms. The lowest BCUT2D eigenvalue weighted by Gasteiger charge is -2.15. The van der Waals surface area contributed by atoms with Crippen LogP contribution in [0.3, 0.4) is 0 Å². The van der Waals surface area contributed by atoms with Crippen molar-refractivity contribution >= 4 is 17.7 Å². The summed E-state index contributed by atoms with van der Waals surface area (Å²) in [6, 6.07) is 30.3. The van der Waals surface area contributed by atoms with E-state index in [4.69, 9.17) is 18.9 Å². The molecule has 0 unspecified atom stereocenters. The van der Waals surface area contributed by atoms with Gasteiger partial charge >= 0.3 is 0 Å². The molecule has 7 heteroatoms. The van der Waals surface area contributed by atoms with Gasteiger partial charge in [0.1, 0.15) is 24.9 Å². The van der Waals surface area contributed by atoms with E-state index in [0.717, 1.165) is 16.7 Å². The Bertz CT molecular complexity index is 1560. The zero-order valence-electron chi connectivity index (χ0n) is 23.3. The molecular formula is C34H32N2O5. The molecule has 0 atom stereocenters. The maximum atomic E-state index is 12.7. The minimum absolute atomic E-state index is 0.0222. The fourth-order valence-electron chi connectivity index (χ4n) is 4.04. The Hall–Kier alpha value is -5.22. The van der Waals surface area contributed by atoms with Crippen molar-refractivity contribution in [3.05, 3.63) is 119 Å². The van der Waals surface area contributed by atoms with Gasteiger partial charge in [0.2, 0.25) is 0 Å². The minimum atomic E-state index is -0.481. The second-order valence-electron chi connectivity index (χ2n) is 9.13. The third-order valence-electron chi connectivity index (χ3n) is 6.20. The number of rotatable bonds is 12. The highest BCUT2D eigenvalue weighted by molar-refractivity contribution is 6.10. The Morgan fingerprint density at radius 3 is 2.20 bits per heavy atom. The molecule has 4 aromatic rings. The average Bonchev–Trinajstić information content (AvgIpc) is 3.00. The van der Waals surface area contributed by atoms with Gasteiger partial charge in [0.15, 0.2) is 23.0 Å². The van der Waals surface area contributed by atoms with Crippen LogP contribution in [0.5, 0.6) is 23.0 Å². The van der Waals surface area contributed by atoms with E-state index in [1.165, 1.54) is 6.08 Å². The highest BCUT2D eigenvalue weighted by Gasteiger charge is 2.13. The monoisotopic (exact) mass is 548 g/mol. The van der Waals surface area contributed by atoms with Crippen molar-refractivity contribution in [2.24, 2.45) is 0 Å². The van der Waals surface area contributed by atoms with E-state index >= 15 is 0 Å². The first-order valence-electron chi connectivity index (χ1n) is 13.2. The van der Waals surface area contributed by atoms with Crippen LogP contribution in [0.15, 0.2) is 96.6 Å². The summed E-state index contributed by atoms with van der Waals surface area (Å²) in [6.07, 6.45) is 1.53. The number of nitrogens with zero attached hydrogens (tertiary/aromatic N) is 1. The molecule has 41 heavy (non-hydrogen) atoms. The maximum Gasteiger partial charge on any atom is 0.266 e. The second-order valence-corrected chi connectivity index (χ2v) is 9.13. The molecule has 7 nitrogen and oxygen atoms in total. The smallest absolute Gasteiger partial charge is 0.266 e. The predicted molar refractivity (Wildman–Crippen MR) is 159 cm³/mol. The topological polar surface area (TPSA) is 89.8 Å². The number of aryl methyl sites for hydroxylation is 1. The van der Waals surface area contributed by atoms with E-state index in [2.05, 4.69) is 5.32 Å². The van der Waals surface area contributed by atoms with Gasteiger partial charge in [0.05, 0.1) is 13.7 Å². The molecule has 0 heterocycles. The summed E-state index contributed by atoms with van der Waals surface area (Å²) in [5.41, 5.74) is 4.14. The Kier molecular flexibility index (Phi) is 10.0. The van der Waals surface area contributed by atoms with Gasteiger partial charge in [-0.05, 0) is 72.5 Å². The van der Waals surface area contributed by atoms with Gasteiger partial charge in [-0.3, -0.25) is 4.79 Å². The highest BCUT2D eigenvalue weighted by Crippen LogP contribution is 2.32. The van der Waals surface area contributed by atoms with E-state index in [1.54, 1.807) is 31.4 Å². The van der Waals surface area contributed by atoms with Gasteiger partial charge < -0.3 is 24.3 Å². The number of nitriles is 1. The second kappa shape index (κ2) is 14.2. The van der Waals surface area contributed by atoms with Crippen LogP contribution >= 0.6 is 0 Å². The summed E-state index contributed by atoms with van der Waals surface area (Å²) in [6.45, 7) is 4.90. The number of carbonyl (C=O) groups excluding carboxylic acids is 1. The van der Waals surface area contributed by atoms with Gasteiger partial charge in [-0.15, -0.1) is 0 Å². The predicted octanol–water partition coefficient (Wildman–Crippen LogP) is 7.11. The standard InChI is InChI=1S/C34H32N2O5/c1-4-39-33-19-26(18-28(21-35)34(37)36-29-13-9-8-10-24(29)2)14-16-31(33)41-23-27-15-17-30(32(20-27)38-3)40-22-25-11-6-5-7-12-25/h5-20H,4,22-23H2,1-3H3,(H,36,37)/b28-18-. The molecule has 4 aromatic carbocycles. The number of para-hydroxylation sites is 1. The third-order valence-corrected chi connectivity index (χ3v) is 6.20. The summed E-state index contributed by atoms with van der Waals surface area (Å²) < 4.78 is 23.4. The van der Waals surface area contributed by atoms with Crippen LogP contribution in [0.1, 0.15) is 29.2 Å². The summed E-state index contributed by atoms with van der Waals surface area (Å²) in [5.74, 6) is 1.82. The van der Waals surface area contributed by atoms with Crippen molar-refractivity contribution in [2.45, 2.75) is 27.1 Å². The number of carbonyl (C=O) groups is 1. The largest absolute Gasteiger partial charge is 0.493 e. The van der Waals surface area contributed by atoms with E-state index < -0.39 is 5.91 Å². The van der Waals surface area contributed by atoms with Crippen LogP contribution in [-0.2, 0) is 18.0 Å². The Morgan fingerprint density at radius 2 is 1.49 bits per heavy atom. The molecule has 0 spiro atoms. The Labute approximate surface area is 240 Å². The molecule has 0 aliphatic heterocycles. The van der Waals surface area contributed by atoms with Gasteiger partial charge in [-0.2, -0.15) is 5.26 Å². The molecule has 0 aromatic heterocycles. The molecular weight excluding hydrogens is 516 g/mol. The van der Waals surface area contributed by atoms with Gasteiger partial charge in [0, 0.05) is 5.69 Å². The fraction of sp³-hybridized carbons (Fsp3) is 0.176. The van der Waals surface area contributed by atoms with Crippen LogP contribution in [-0.4, -0.2) is 19.6 Å².